The molecule has 0 radical (unpaired) electrons. The molecule has 1 fully saturated rings. The van der Waals surface area contributed by atoms with Gasteiger partial charge in [0.1, 0.15) is 11.5 Å². The quantitative estimate of drug-likeness (QED) is 0.376. The summed E-state index contributed by atoms with van der Waals surface area (Å²) in [5.41, 5.74) is 2.32. The molecule has 0 aromatic heterocycles. The van der Waals surface area contributed by atoms with Gasteiger partial charge in [-0.3, -0.25) is 14.5 Å². The number of rotatable bonds is 5. The van der Waals surface area contributed by atoms with Gasteiger partial charge in [0, 0.05) is 11.3 Å². The van der Waals surface area contributed by atoms with E-state index in [0.717, 1.165) is 0 Å². The van der Waals surface area contributed by atoms with Crippen LogP contribution in [0.4, 0.5) is 5.69 Å². The van der Waals surface area contributed by atoms with E-state index < -0.39 is 17.7 Å². The normalized spacial score (nSPS) is 17.7. The maximum absolute atomic E-state index is 13.1. The lowest BCUT2D eigenvalue weighted by Crippen LogP contribution is -2.29. The summed E-state index contributed by atoms with van der Waals surface area (Å²) in [6.07, 6.45) is 0. The van der Waals surface area contributed by atoms with Gasteiger partial charge < -0.3 is 14.9 Å². The van der Waals surface area contributed by atoms with Gasteiger partial charge >= 0.3 is 0 Å². The van der Waals surface area contributed by atoms with E-state index in [1.165, 1.54) is 12.0 Å². The minimum absolute atomic E-state index is 0.0209. The molecule has 1 aliphatic heterocycles. The Hall–Kier alpha value is -3.90. The molecule has 156 valence electrons. The number of nitrogens with zero attached hydrogens (tertiary/aromatic N) is 1. The first kappa shape index (κ1) is 20.4. The van der Waals surface area contributed by atoms with Gasteiger partial charge in [-0.25, -0.2) is 0 Å². The first-order valence-corrected chi connectivity index (χ1v) is 9.75. The summed E-state index contributed by atoms with van der Waals surface area (Å²) in [5, 5.41) is 20.4. The van der Waals surface area contributed by atoms with Crippen LogP contribution in [0.25, 0.3) is 5.76 Å². The Bertz CT molecular complexity index is 1130. The molecule has 0 spiro atoms. The largest absolute Gasteiger partial charge is 0.507 e. The number of ketones is 1. The summed E-state index contributed by atoms with van der Waals surface area (Å²) in [7, 11) is 1.54. The Balaban J connectivity index is 1.88. The second-order valence-electron chi connectivity index (χ2n) is 7.13. The molecule has 1 atom stereocenters. The fourth-order valence-corrected chi connectivity index (χ4v) is 3.72. The number of ether oxygens (including phenoxy) is 1. The zero-order chi connectivity index (χ0) is 22.0. The van der Waals surface area contributed by atoms with Crippen LogP contribution >= 0.6 is 0 Å². The Morgan fingerprint density at radius 3 is 2.16 bits per heavy atom. The predicted molar refractivity (Wildman–Crippen MR) is 117 cm³/mol. The fourth-order valence-electron chi connectivity index (χ4n) is 3.72. The van der Waals surface area contributed by atoms with Crippen LogP contribution in [0.5, 0.6) is 5.75 Å². The molecule has 1 heterocycles. The van der Waals surface area contributed by atoms with Gasteiger partial charge in [0.25, 0.3) is 11.7 Å². The van der Waals surface area contributed by atoms with Crippen LogP contribution in [0.1, 0.15) is 22.7 Å². The van der Waals surface area contributed by atoms with Crippen molar-refractivity contribution < 1.29 is 24.5 Å². The molecule has 1 amide bonds. The van der Waals surface area contributed by atoms with E-state index in [9.17, 15) is 19.8 Å². The summed E-state index contributed by atoms with van der Waals surface area (Å²) in [6, 6.07) is 21.7. The maximum atomic E-state index is 13.1. The van der Waals surface area contributed by atoms with Crippen molar-refractivity contribution in [3.8, 4) is 5.75 Å². The number of amides is 1. The van der Waals surface area contributed by atoms with Gasteiger partial charge in [0.2, 0.25) is 0 Å². The van der Waals surface area contributed by atoms with Crippen molar-refractivity contribution >= 4 is 23.1 Å². The van der Waals surface area contributed by atoms with Crippen molar-refractivity contribution in [2.24, 2.45) is 0 Å². The maximum Gasteiger partial charge on any atom is 0.300 e. The molecule has 6 nitrogen and oxygen atoms in total. The van der Waals surface area contributed by atoms with Crippen molar-refractivity contribution in [1.82, 2.24) is 0 Å². The van der Waals surface area contributed by atoms with Gasteiger partial charge in [-0.2, -0.15) is 0 Å². The number of hydrogen-bond donors (Lipinski definition) is 2. The highest BCUT2D eigenvalue weighted by Crippen LogP contribution is 2.42. The molecular weight excluding hydrogens is 394 g/mol. The highest BCUT2D eigenvalue weighted by atomic mass is 16.5. The summed E-state index contributed by atoms with van der Waals surface area (Å²) < 4.78 is 5.15. The van der Waals surface area contributed by atoms with Crippen molar-refractivity contribution in [3.63, 3.8) is 0 Å². The number of aliphatic hydroxyl groups is 2. The van der Waals surface area contributed by atoms with Crippen molar-refractivity contribution in [2.45, 2.75) is 12.6 Å². The number of anilines is 1. The third kappa shape index (κ3) is 3.69. The zero-order valence-electron chi connectivity index (χ0n) is 16.9. The molecule has 0 aliphatic carbocycles. The molecule has 2 N–H and O–H groups in total. The number of aliphatic hydroxyl groups excluding tert-OH is 2. The topological polar surface area (TPSA) is 87.1 Å². The molecule has 6 heteroatoms. The summed E-state index contributed by atoms with van der Waals surface area (Å²) in [6.45, 7) is -0.126. The number of Topliss-reactive ketones (excluding diaryl/α,β-unsaturated/α-hetero) is 1. The molecule has 0 bridgehead atoms. The van der Waals surface area contributed by atoms with Crippen molar-refractivity contribution in [3.05, 3.63) is 101 Å². The highest BCUT2D eigenvalue weighted by molar-refractivity contribution is 6.51. The average Bonchev–Trinajstić information content (AvgIpc) is 3.09. The van der Waals surface area contributed by atoms with Gasteiger partial charge in [-0.15, -0.1) is 0 Å². The summed E-state index contributed by atoms with van der Waals surface area (Å²) in [5.74, 6) is -1.11. The number of benzene rings is 3. The van der Waals surface area contributed by atoms with E-state index >= 15 is 0 Å². The van der Waals surface area contributed by atoms with Crippen LogP contribution in [-0.4, -0.2) is 29.0 Å². The lowest BCUT2D eigenvalue weighted by Gasteiger charge is -2.25. The van der Waals surface area contributed by atoms with E-state index in [-0.39, 0.29) is 17.9 Å². The van der Waals surface area contributed by atoms with E-state index in [1.807, 2.05) is 30.3 Å². The molecule has 0 saturated carbocycles. The third-order valence-corrected chi connectivity index (χ3v) is 5.32. The first-order chi connectivity index (χ1) is 15.0. The van der Waals surface area contributed by atoms with E-state index in [4.69, 9.17) is 4.74 Å². The molecule has 31 heavy (non-hydrogen) atoms. The Kier molecular flexibility index (Phi) is 5.56. The van der Waals surface area contributed by atoms with E-state index in [2.05, 4.69) is 0 Å². The SMILES string of the molecule is COc1ccc(/C(O)=C2/C(=O)C(=O)N(c3ccc(CO)cc3)C2c2ccccc2)cc1. The number of carbonyl (C=O) groups is 2. The van der Waals surface area contributed by atoms with E-state index in [0.29, 0.717) is 28.1 Å². The molecular formula is C25H21NO5. The Morgan fingerprint density at radius 1 is 0.935 bits per heavy atom. The summed E-state index contributed by atoms with van der Waals surface area (Å²) >= 11 is 0. The van der Waals surface area contributed by atoms with E-state index in [1.54, 1.807) is 48.5 Å². The Morgan fingerprint density at radius 2 is 1.58 bits per heavy atom. The lowest BCUT2D eigenvalue weighted by molar-refractivity contribution is -0.132. The Labute approximate surface area is 179 Å². The predicted octanol–water partition coefficient (Wildman–Crippen LogP) is 3.81. The number of methoxy groups -OCH3 is 1. The molecule has 1 unspecified atom stereocenters. The van der Waals surface area contributed by atoms with Gasteiger partial charge in [0.05, 0.1) is 25.3 Å². The lowest BCUT2D eigenvalue weighted by atomic mass is 9.95. The van der Waals surface area contributed by atoms with Crippen LogP contribution in [0.2, 0.25) is 0 Å². The fraction of sp³-hybridized carbons (Fsp3) is 0.120. The first-order valence-electron chi connectivity index (χ1n) is 9.75. The van der Waals surface area contributed by atoms with Crippen molar-refractivity contribution in [2.75, 3.05) is 12.0 Å². The second kappa shape index (κ2) is 8.45. The number of carbonyl (C=O) groups excluding carboxylic acids is 2. The van der Waals surface area contributed by atoms with Crippen molar-refractivity contribution in [1.29, 1.82) is 0 Å². The molecule has 1 aliphatic rings. The average molecular weight is 415 g/mol. The van der Waals surface area contributed by atoms with Crippen LogP contribution in [0, 0.1) is 0 Å². The van der Waals surface area contributed by atoms with Crippen LogP contribution in [0.3, 0.4) is 0 Å². The summed E-state index contributed by atoms with van der Waals surface area (Å²) in [4.78, 5) is 27.5. The van der Waals surface area contributed by atoms with Crippen LogP contribution < -0.4 is 9.64 Å². The molecule has 1 saturated heterocycles. The third-order valence-electron chi connectivity index (χ3n) is 5.32. The standard InChI is InChI=1S/C25H21NO5/c1-31-20-13-9-18(10-14-20)23(28)21-22(17-5-3-2-4-6-17)26(25(30)24(21)29)19-11-7-16(15-27)8-12-19/h2-14,22,27-28H,15H2,1H3/b23-21-. The monoisotopic (exact) mass is 415 g/mol. The van der Waals surface area contributed by atoms with Gasteiger partial charge in [0.15, 0.2) is 0 Å². The zero-order valence-corrected chi connectivity index (χ0v) is 16.9. The second-order valence-corrected chi connectivity index (χ2v) is 7.13. The molecule has 4 rings (SSSR count). The molecule has 3 aromatic rings. The highest BCUT2D eigenvalue weighted by Gasteiger charge is 2.46. The van der Waals surface area contributed by atoms with Crippen LogP contribution in [-0.2, 0) is 16.2 Å². The number of hydrogen-bond acceptors (Lipinski definition) is 5. The minimum atomic E-state index is -0.789. The minimum Gasteiger partial charge on any atom is -0.507 e. The van der Waals surface area contributed by atoms with Gasteiger partial charge in [-0.05, 0) is 47.5 Å². The molecule has 3 aromatic carbocycles. The van der Waals surface area contributed by atoms with Crippen LogP contribution in [0.15, 0.2) is 84.4 Å². The smallest absolute Gasteiger partial charge is 0.300 e. The van der Waals surface area contributed by atoms with Gasteiger partial charge in [-0.1, -0.05) is 42.5 Å².